The molecule has 0 saturated carbocycles. The number of rotatable bonds is 3. The Morgan fingerprint density at radius 1 is 1.56 bits per heavy atom. The number of nitrogens with two attached hydrogens (primary N) is 1. The number of carbonyl (C=O) groups excluding carboxylic acids is 2. The molecule has 7 heteroatoms. The summed E-state index contributed by atoms with van der Waals surface area (Å²) in [4.78, 5) is 23.8. The molecule has 0 spiro atoms. The van der Waals surface area contributed by atoms with E-state index in [1.54, 1.807) is 11.4 Å². The van der Waals surface area contributed by atoms with E-state index in [-0.39, 0.29) is 17.9 Å². The lowest BCUT2D eigenvalue weighted by Gasteiger charge is -2.13. The molecular weight excluding hydrogens is 256 g/mol. The number of methoxy groups -OCH3 is 1. The number of hydrogen-bond acceptors (Lipinski definition) is 6. The highest BCUT2D eigenvalue weighted by Gasteiger charge is 2.32. The van der Waals surface area contributed by atoms with Crippen LogP contribution in [0.15, 0.2) is 11.4 Å². The molecule has 0 radical (unpaired) electrons. The van der Waals surface area contributed by atoms with Gasteiger partial charge in [0.05, 0.1) is 31.9 Å². The van der Waals surface area contributed by atoms with Crippen LogP contribution in [0.25, 0.3) is 0 Å². The first-order valence-electron chi connectivity index (χ1n) is 5.43. The van der Waals surface area contributed by atoms with Gasteiger partial charge < -0.3 is 20.5 Å². The molecular formula is C11H14N2O4S. The minimum absolute atomic E-state index is 0.233. The molecule has 2 unspecified atom stereocenters. The third-order valence-corrected chi connectivity index (χ3v) is 3.65. The van der Waals surface area contributed by atoms with Gasteiger partial charge in [-0.3, -0.25) is 4.79 Å². The van der Waals surface area contributed by atoms with Crippen LogP contribution in [0.4, 0.5) is 5.69 Å². The number of ether oxygens (including phenoxy) is 2. The van der Waals surface area contributed by atoms with Crippen molar-refractivity contribution >= 4 is 28.9 Å². The van der Waals surface area contributed by atoms with Gasteiger partial charge in [0.15, 0.2) is 0 Å². The van der Waals surface area contributed by atoms with Crippen LogP contribution in [-0.2, 0) is 14.3 Å². The van der Waals surface area contributed by atoms with Gasteiger partial charge in [0.2, 0.25) is 5.91 Å². The number of esters is 1. The summed E-state index contributed by atoms with van der Waals surface area (Å²) in [6.45, 7) is 0.691. The molecule has 2 rings (SSSR count). The monoisotopic (exact) mass is 270 g/mol. The van der Waals surface area contributed by atoms with Crippen molar-refractivity contribution in [1.29, 1.82) is 0 Å². The topological polar surface area (TPSA) is 90.6 Å². The van der Waals surface area contributed by atoms with E-state index >= 15 is 0 Å². The van der Waals surface area contributed by atoms with Gasteiger partial charge in [-0.25, -0.2) is 4.79 Å². The number of amides is 1. The highest BCUT2D eigenvalue weighted by Crippen LogP contribution is 2.24. The van der Waals surface area contributed by atoms with Crippen LogP contribution >= 0.6 is 11.3 Å². The van der Waals surface area contributed by atoms with E-state index in [0.717, 1.165) is 0 Å². The Bertz CT molecular complexity index is 460. The van der Waals surface area contributed by atoms with Gasteiger partial charge in [-0.1, -0.05) is 0 Å². The first kappa shape index (κ1) is 13.0. The zero-order chi connectivity index (χ0) is 13.1. The van der Waals surface area contributed by atoms with Crippen molar-refractivity contribution in [2.45, 2.75) is 6.04 Å². The normalized spacial score (nSPS) is 22.8. The van der Waals surface area contributed by atoms with E-state index < -0.39 is 5.97 Å². The lowest BCUT2D eigenvalue weighted by atomic mass is 10.0. The lowest BCUT2D eigenvalue weighted by molar-refractivity contribution is -0.120. The van der Waals surface area contributed by atoms with Crippen LogP contribution in [0.3, 0.4) is 0 Å². The van der Waals surface area contributed by atoms with Crippen LogP contribution in [0, 0.1) is 5.92 Å². The average molecular weight is 270 g/mol. The molecule has 2 atom stereocenters. The van der Waals surface area contributed by atoms with E-state index in [4.69, 9.17) is 10.5 Å². The molecule has 1 aliphatic rings. The second kappa shape index (κ2) is 5.47. The van der Waals surface area contributed by atoms with E-state index in [1.165, 1.54) is 18.4 Å². The largest absolute Gasteiger partial charge is 0.465 e. The number of nitrogens with one attached hydrogen (secondary N) is 1. The van der Waals surface area contributed by atoms with Gasteiger partial charge >= 0.3 is 5.97 Å². The summed E-state index contributed by atoms with van der Waals surface area (Å²) in [5.74, 6) is -1.08. The predicted molar refractivity (Wildman–Crippen MR) is 66.6 cm³/mol. The SMILES string of the molecule is COC(=O)c1sccc1NC(=O)C1COCC1N. The average Bonchev–Trinajstić information content (AvgIpc) is 2.97. The number of anilines is 1. The van der Waals surface area contributed by atoms with Gasteiger partial charge in [0.25, 0.3) is 0 Å². The second-order valence-corrected chi connectivity index (χ2v) is 4.87. The maximum absolute atomic E-state index is 12.0. The fourth-order valence-corrected chi connectivity index (χ4v) is 2.49. The molecule has 1 fully saturated rings. The Kier molecular flexibility index (Phi) is 3.95. The zero-order valence-corrected chi connectivity index (χ0v) is 10.7. The Labute approximate surface area is 108 Å². The molecule has 0 bridgehead atoms. The summed E-state index contributed by atoms with van der Waals surface area (Å²) in [6.07, 6.45) is 0. The Morgan fingerprint density at radius 3 is 2.94 bits per heavy atom. The minimum atomic E-state index is -0.465. The molecule has 18 heavy (non-hydrogen) atoms. The predicted octanol–water partition coefficient (Wildman–Crippen LogP) is 0.447. The Balaban J connectivity index is 2.07. The highest BCUT2D eigenvalue weighted by molar-refractivity contribution is 7.12. The molecule has 1 aliphatic heterocycles. The quantitative estimate of drug-likeness (QED) is 0.778. The smallest absolute Gasteiger partial charge is 0.350 e. The van der Waals surface area contributed by atoms with Gasteiger partial charge in [-0.2, -0.15) is 0 Å². The van der Waals surface area contributed by atoms with E-state index in [9.17, 15) is 9.59 Å². The van der Waals surface area contributed by atoms with Crippen molar-refractivity contribution in [3.05, 3.63) is 16.3 Å². The Hall–Kier alpha value is -1.44. The van der Waals surface area contributed by atoms with Crippen LogP contribution in [0.5, 0.6) is 0 Å². The molecule has 1 aromatic rings. The summed E-state index contributed by atoms with van der Waals surface area (Å²) in [5.41, 5.74) is 6.21. The molecule has 0 aromatic carbocycles. The maximum Gasteiger partial charge on any atom is 0.350 e. The molecule has 98 valence electrons. The van der Waals surface area contributed by atoms with E-state index in [0.29, 0.717) is 23.8 Å². The first-order chi connectivity index (χ1) is 8.63. The van der Waals surface area contributed by atoms with Crippen LogP contribution in [0.2, 0.25) is 0 Å². The van der Waals surface area contributed by atoms with Gasteiger partial charge in [-0.05, 0) is 11.4 Å². The summed E-state index contributed by atoms with van der Waals surface area (Å²) in [5, 5.41) is 4.40. The fraction of sp³-hybridized carbons (Fsp3) is 0.455. The first-order valence-corrected chi connectivity index (χ1v) is 6.31. The standard InChI is InChI=1S/C11H14N2O4S/c1-16-11(15)9-8(2-3-18-9)13-10(14)6-4-17-5-7(6)12/h2-3,6-7H,4-5,12H2,1H3,(H,13,14). The van der Waals surface area contributed by atoms with Gasteiger partial charge in [-0.15, -0.1) is 11.3 Å². The molecule has 0 aliphatic carbocycles. The van der Waals surface area contributed by atoms with E-state index in [2.05, 4.69) is 10.1 Å². The molecule has 6 nitrogen and oxygen atoms in total. The van der Waals surface area contributed by atoms with Crippen LogP contribution in [0.1, 0.15) is 9.67 Å². The molecule has 3 N–H and O–H groups in total. The summed E-state index contributed by atoms with van der Waals surface area (Å²) in [6, 6.07) is 1.36. The molecule has 1 saturated heterocycles. The van der Waals surface area contributed by atoms with Gasteiger partial charge in [0.1, 0.15) is 4.88 Å². The molecule has 1 aromatic heterocycles. The fourth-order valence-electron chi connectivity index (χ4n) is 1.72. The van der Waals surface area contributed by atoms with Crippen molar-refractivity contribution in [3.63, 3.8) is 0 Å². The molecule has 2 heterocycles. The van der Waals surface area contributed by atoms with Crippen molar-refractivity contribution in [3.8, 4) is 0 Å². The zero-order valence-electron chi connectivity index (χ0n) is 9.84. The lowest BCUT2D eigenvalue weighted by Crippen LogP contribution is -2.37. The summed E-state index contributed by atoms with van der Waals surface area (Å²) < 4.78 is 9.77. The third kappa shape index (κ3) is 2.53. The minimum Gasteiger partial charge on any atom is -0.465 e. The van der Waals surface area contributed by atoms with Crippen LogP contribution < -0.4 is 11.1 Å². The maximum atomic E-state index is 12.0. The second-order valence-electron chi connectivity index (χ2n) is 3.95. The van der Waals surface area contributed by atoms with Crippen LogP contribution in [-0.4, -0.2) is 38.2 Å². The Morgan fingerprint density at radius 2 is 2.33 bits per heavy atom. The third-order valence-electron chi connectivity index (χ3n) is 2.76. The number of hydrogen-bond donors (Lipinski definition) is 2. The number of thiophene rings is 1. The van der Waals surface area contributed by atoms with Gasteiger partial charge in [0, 0.05) is 6.04 Å². The van der Waals surface area contributed by atoms with Crippen molar-refractivity contribution in [2.24, 2.45) is 11.7 Å². The van der Waals surface area contributed by atoms with Crippen molar-refractivity contribution in [2.75, 3.05) is 25.6 Å². The summed E-state index contributed by atoms with van der Waals surface area (Å²) >= 11 is 1.22. The number of carbonyl (C=O) groups is 2. The molecule has 1 amide bonds. The van der Waals surface area contributed by atoms with Crippen molar-refractivity contribution < 1.29 is 19.1 Å². The van der Waals surface area contributed by atoms with E-state index in [1.807, 2.05) is 0 Å². The summed E-state index contributed by atoms with van der Waals surface area (Å²) in [7, 11) is 1.30. The van der Waals surface area contributed by atoms with Crippen molar-refractivity contribution in [1.82, 2.24) is 0 Å². The highest BCUT2D eigenvalue weighted by atomic mass is 32.1.